The molecule has 0 aromatic heterocycles. The Balaban J connectivity index is 2.94. The maximum absolute atomic E-state index is 4.57. The van der Waals surface area contributed by atoms with Gasteiger partial charge in [0.15, 0.2) is 0 Å². The predicted octanol–water partition coefficient (Wildman–Crippen LogP) is 1.05. The van der Waals surface area contributed by atoms with Crippen molar-refractivity contribution in [3.05, 3.63) is 0 Å². The molecule has 0 amide bonds. The van der Waals surface area contributed by atoms with Crippen molar-refractivity contribution in [2.45, 2.75) is 25.9 Å². The van der Waals surface area contributed by atoms with Crippen LogP contribution in [0.3, 0.4) is 0 Å². The summed E-state index contributed by atoms with van der Waals surface area (Å²) in [5, 5.41) is 0. The number of hydrogen-bond acceptors (Lipinski definition) is 4. The van der Waals surface area contributed by atoms with Gasteiger partial charge >= 0.3 is 0 Å². The van der Waals surface area contributed by atoms with E-state index in [4.69, 9.17) is 0 Å². The Kier molecular flexibility index (Phi) is 2.83. The first-order chi connectivity index (χ1) is 6.32. The van der Waals surface area contributed by atoms with Crippen molar-refractivity contribution in [1.29, 1.82) is 0 Å². The summed E-state index contributed by atoms with van der Waals surface area (Å²) in [6.45, 7) is 4.05. The molecule has 0 bridgehead atoms. The molecule has 0 spiro atoms. The Morgan fingerprint density at radius 3 is 1.57 bits per heavy atom. The quantitative estimate of drug-likeness (QED) is 0.580. The molecule has 0 aliphatic carbocycles. The van der Waals surface area contributed by atoms with E-state index in [1.807, 2.05) is 42.0 Å². The molecule has 0 atom stereocenters. The van der Waals surface area contributed by atoms with Gasteiger partial charge in [-0.25, -0.2) is 9.98 Å². The smallest absolute Gasteiger partial charge is 0.148 e. The average molecular weight is 196 g/mol. The van der Waals surface area contributed by atoms with E-state index < -0.39 is 0 Å². The molecule has 14 heavy (non-hydrogen) atoms. The first-order valence-electron chi connectivity index (χ1n) is 4.84. The summed E-state index contributed by atoms with van der Waals surface area (Å²) >= 11 is 0. The second-order valence-corrected chi connectivity index (χ2v) is 4.52. The fraction of sp³-hybridized carbons (Fsp3) is 0.800. The molecular formula is C10H20N4. The molecule has 1 aliphatic rings. The lowest BCUT2D eigenvalue weighted by molar-refractivity contribution is 0.485. The van der Waals surface area contributed by atoms with Gasteiger partial charge in [0, 0.05) is 28.2 Å². The number of nitrogens with zero attached hydrogens (tertiary/aromatic N) is 4. The van der Waals surface area contributed by atoms with E-state index in [9.17, 15) is 0 Å². The lowest BCUT2D eigenvalue weighted by Gasteiger charge is -2.30. The van der Waals surface area contributed by atoms with Crippen molar-refractivity contribution < 1.29 is 0 Å². The standard InChI is InChI=1S/C10H20N4/c1-10(2)11-8(13(3)4)7-9(12-10)14(5)6/h7H2,1-6H3. The van der Waals surface area contributed by atoms with Crippen LogP contribution in [0.15, 0.2) is 9.98 Å². The molecule has 1 aliphatic heterocycles. The Bertz CT molecular complexity index is 248. The molecule has 1 heterocycles. The van der Waals surface area contributed by atoms with Crippen LogP contribution in [0.1, 0.15) is 20.3 Å². The predicted molar refractivity (Wildman–Crippen MR) is 60.9 cm³/mol. The van der Waals surface area contributed by atoms with E-state index in [0.717, 1.165) is 18.1 Å². The van der Waals surface area contributed by atoms with Gasteiger partial charge < -0.3 is 9.80 Å². The van der Waals surface area contributed by atoms with E-state index in [-0.39, 0.29) is 5.66 Å². The first-order valence-corrected chi connectivity index (χ1v) is 4.84. The highest BCUT2D eigenvalue weighted by Gasteiger charge is 2.24. The summed E-state index contributed by atoms with van der Waals surface area (Å²) in [7, 11) is 8.09. The van der Waals surface area contributed by atoms with Crippen molar-refractivity contribution in [2.24, 2.45) is 9.98 Å². The topological polar surface area (TPSA) is 31.2 Å². The van der Waals surface area contributed by atoms with Crippen LogP contribution in [0.25, 0.3) is 0 Å². The zero-order chi connectivity index (χ0) is 10.9. The van der Waals surface area contributed by atoms with Crippen LogP contribution in [0.5, 0.6) is 0 Å². The molecule has 80 valence electrons. The second-order valence-electron chi connectivity index (χ2n) is 4.52. The van der Waals surface area contributed by atoms with Gasteiger partial charge in [-0.3, -0.25) is 0 Å². The minimum atomic E-state index is -0.322. The van der Waals surface area contributed by atoms with Gasteiger partial charge in [0.2, 0.25) is 0 Å². The third-order valence-electron chi connectivity index (χ3n) is 2.15. The molecule has 0 N–H and O–H groups in total. The molecule has 0 saturated heterocycles. The van der Waals surface area contributed by atoms with Gasteiger partial charge in [0.25, 0.3) is 0 Å². The molecule has 0 aromatic rings. The molecule has 4 heteroatoms. The highest BCUT2D eigenvalue weighted by molar-refractivity contribution is 6.03. The fourth-order valence-electron chi connectivity index (χ4n) is 1.39. The van der Waals surface area contributed by atoms with Crippen molar-refractivity contribution in [3.8, 4) is 0 Å². The van der Waals surface area contributed by atoms with E-state index >= 15 is 0 Å². The second kappa shape index (κ2) is 3.59. The van der Waals surface area contributed by atoms with Gasteiger partial charge in [0.1, 0.15) is 17.3 Å². The van der Waals surface area contributed by atoms with Crippen LogP contribution >= 0.6 is 0 Å². The Morgan fingerprint density at radius 2 is 1.29 bits per heavy atom. The van der Waals surface area contributed by atoms with Gasteiger partial charge in [-0.1, -0.05) is 0 Å². The maximum Gasteiger partial charge on any atom is 0.148 e. The maximum atomic E-state index is 4.57. The van der Waals surface area contributed by atoms with Gasteiger partial charge in [-0.05, 0) is 13.8 Å². The lowest BCUT2D eigenvalue weighted by Crippen LogP contribution is -2.38. The van der Waals surface area contributed by atoms with E-state index in [1.54, 1.807) is 0 Å². The van der Waals surface area contributed by atoms with Crippen LogP contribution in [0, 0.1) is 0 Å². The summed E-state index contributed by atoms with van der Waals surface area (Å²) in [6, 6.07) is 0. The molecule has 0 unspecified atom stereocenters. The van der Waals surface area contributed by atoms with Crippen LogP contribution < -0.4 is 0 Å². The van der Waals surface area contributed by atoms with Crippen molar-refractivity contribution in [1.82, 2.24) is 9.80 Å². The largest absolute Gasteiger partial charge is 0.366 e. The normalized spacial score (nSPS) is 19.9. The van der Waals surface area contributed by atoms with Crippen LogP contribution in [-0.2, 0) is 0 Å². The molecule has 1 rings (SSSR count). The Morgan fingerprint density at radius 1 is 0.929 bits per heavy atom. The summed E-state index contributed by atoms with van der Waals surface area (Å²) in [4.78, 5) is 13.3. The van der Waals surface area contributed by atoms with Crippen molar-refractivity contribution in [3.63, 3.8) is 0 Å². The minimum absolute atomic E-state index is 0.322. The van der Waals surface area contributed by atoms with E-state index in [0.29, 0.717) is 0 Å². The lowest BCUT2D eigenvalue weighted by atomic mass is 10.2. The van der Waals surface area contributed by atoms with Crippen LogP contribution in [0.2, 0.25) is 0 Å². The fourth-order valence-corrected chi connectivity index (χ4v) is 1.39. The summed E-state index contributed by atoms with van der Waals surface area (Å²) in [5.41, 5.74) is -0.322. The molecule has 0 aromatic carbocycles. The number of amidine groups is 2. The van der Waals surface area contributed by atoms with Crippen LogP contribution in [-0.4, -0.2) is 55.3 Å². The van der Waals surface area contributed by atoms with Gasteiger partial charge in [0.05, 0.1) is 6.42 Å². The third-order valence-corrected chi connectivity index (χ3v) is 2.15. The van der Waals surface area contributed by atoms with Crippen molar-refractivity contribution in [2.75, 3.05) is 28.2 Å². The Labute approximate surface area is 86.3 Å². The summed E-state index contributed by atoms with van der Waals surface area (Å²) in [5.74, 6) is 2.18. The molecule has 0 saturated carbocycles. The summed E-state index contributed by atoms with van der Waals surface area (Å²) < 4.78 is 0. The monoisotopic (exact) mass is 196 g/mol. The number of rotatable bonds is 0. The number of hydrogen-bond donors (Lipinski definition) is 0. The number of aliphatic imine (C=N–C) groups is 2. The van der Waals surface area contributed by atoms with Gasteiger partial charge in [-0.15, -0.1) is 0 Å². The zero-order valence-electron chi connectivity index (χ0n) is 10.00. The molecular weight excluding hydrogens is 176 g/mol. The first kappa shape index (κ1) is 11.0. The zero-order valence-corrected chi connectivity index (χ0v) is 10.00. The van der Waals surface area contributed by atoms with E-state index in [1.165, 1.54) is 0 Å². The molecule has 0 radical (unpaired) electrons. The highest BCUT2D eigenvalue weighted by atomic mass is 15.3. The highest BCUT2D eigenvalue weighted by Crippen LogP contribution is 2.19. The van der Waals surface area contributed by atoms with Gasteiger partial charge in [-0.2, -0.15) is 0 Å². The molecule has 0 fully saturated rings. The average Bonchev–Trinajstić information content (AvgIpc) is 2.01. The van der Waals surface area contributed by atoms with Crippen molar-refractivity contribution >= 4 is 11.7 Å². The van der Waals surface area contributed by atoms with E-state index in [2.05, 4.69) is 19.8 Å². The van der Waals surface area contributed by atoms with Crippen LogP contribution in [0.4, 0.5) is 0 Å². The SMILES string of the molecule is CN(C)C1=NC(C)(C)N=C(N(C)C)C1. The summed E-state index contributed by atoms with van der Waals surface area (Å²) in [6.07, 6.45) is 0.823. The third kappa shape index (κ3) is 2.47. The minimum Gasteiger partial charge on any atom is -0.366 e. The Hall–Kier alpha value is -1.06. The molecule has 4 nitrogen and oxygen atoms in total.